The normalized spacial score (nSPS) is 11.9. The number of carbonyl (C=O) groups is 1. The van der Waals surface area contributed by atoms with Crippen molar-refractivity contribution in [3.63, 3.8) is 0 Å². The Balaban J connectivity index is 1.65. The minimum Gasteiger partial charge on any atom is -0.348 e. The summed E-state index contributed by atoms with van der Waals surface area (Å²) in [5.41, 5.74) is 2.36. The van der Waals surface area contributed by atoms with Crippen LogP contribution in [0, 0.1) is 5.82 Å². The van der Waals surface area contributed by atoms with Crippen LogP contribution in [0.4, 0.5) is 4.39 Å². The second-order valence-electron chi connectivity index (χ2n) is 7.05. The first kappa shape index (κ1) is 19.5. The number of nitrogens with zero attached hydrogens (tertiary/aromatic N) is 2. The Morgan fingerprint density at radius 3 is 2.40 bits per heavy atom. The van der Waals surface area contributed by atoms with Crippen LogP contribution in [0.3, 0.4) is 0 Å². The average molecular weight is 401 g/mol. The van der Waals surface area contributed by atoms with Gasteiger partial charge < -0.3 is 5.32 Å². The predicted octanol–water partition coefficient (Wildman–Crippen LogP) is 4.08. The van der Waals surface area contributed by atoms with Crippen LogP contribution in [-0.4, -0.2) is 15.5 Å². The lowest BCUT2D eigenvalue weighted by molar-refractivity contribution is -0.122. The number of rotatable bonds is 5. The van der Waals surface area contributed by atoms with Crippen LogP contribution in [-0.2, 0) is 11.3 Å². The number of aromatic nitrogens is 2. The zero-order chi connectivity index (χ0) is 21.1. The summed E-state index contributed by atoms with van der Waals surface area (Å²) in [6.45, 7) is 1.65. The molecule has 6 heteroatoms. The molecule has 5 nitrogen and oxygen atoms in total. The molecule has 4 rings (SSSR count). The first-order chi connectivity index (χ1) is 14.5. The summed E-state index contributed by atoms with van der Waals surface area (Å²) in [7, 11) is 0. The summed E-state index contributed by atoms with van der Waals surface area (Å²) >= 11 is 0. The third kappa shape index (κ3) is 3.98. The zero-order valence-corrected chi connectivity index (χ0v) is 16.4. The van der Waals surface area contributed by atoms with Crippen molar-refractivity contribution in [3.8, 4) is 11.3 Å². The molecule has 1 N–H and O–H groups in total. The van der Waals surface area contributed by atoms with Crippen LogP contribution in [0.5, 0.6) is 0 Å². The molecule has 4 aromatic rings. The SMILES string of the molecule is CC(NC(=O)Cn1c(=O)nc(-c2ccccc2)c2ccccc21)c1ccc(F)cc1. The van der Waals surface area contributed by atoms with E-state index in [2.05, 4.69) is 10.3 Å². The number of hydrogen-bond acceptors (Lipinski definition) is 3. The molecule has 1 heterocycles. The molecule has 30 heavy (non-hydrogen) atoms. The zero-order valence-electron chi connectivity index (χ0n) is 16.4. The van der Waals surface area contributed by atoms with E-state index in [1.54, 1.807) is 12.1 Å². The van der Waals surface area contributed by atoms with Gasteiger partial charge in [-0.1, -0.05) is 60.7 Å². The molecule has 0 aliphatic heterocycles. The first-order valence-corrected chi connectivity index (χ1v) is 9.63. The lowest BCUT2D eigenvalue weighted by Crippen LogP contribution is -2.35. The summed E-state index contributed by atoms with van der Waals surface area (Å²) in [6, 6.07) is 22.5. The maximum Gasteiger partial charge on any atom is 0.349 e. The standard InChI is InChI=1S/C24H20FN3O2/c1-16(17-11-13-19(25)14-12-17)26-22(29)15-28-21-10-6-5-9-20(21)23(27-24(28)30)18-7-3-2-4-8-18/h2-14,16H,15H2,1H3,(H,26,29). The highest BCUT2D eigenvalue weighted by Crippen LogP contribution is 2.25. The number of amides is 1. The van der Waals surface area contributed by atoms with Gasteiger partial charge in [0.05, 0.1) is 17.3 Å². The van der Waals surface area contributed by atoms with Crippen LogP contribution in [0.1, 0.15) is 18.5 Å². The van der Waals surface area contributed by atoms with Crippen molar-refractivity contribution in [2.24, 2.45) is 0 Å². The molecule has 1 unspecified atom stereocenters. The Morgan fingerprint density at radius 1 is 1.00 bits per heavy atom. The van der Waals surface area contributed by atoms with E-state index in [1.807, 2.05) is 61.5 Å². The molecule has 0 aliphatic rings. The van der Waals surface area contributed by atoms with Crippen molar-refractivity contribution in [3.05, 3.63) is 101 Å². The Morgan fingerprint density at radius 2 is 1.67 bits per heavy atom. The number of fused-ring (bicyclic) bond motifs is 1. The molecule has 150 valence electrons. The summed E-state index contributed by atoms with van der Waals surface area (Å²) in [5.74, 6) is -0.659. The van der Waals surface area contributed by atoms with Crippen LogP contribution < -0.4 is 11.0 Å². The molecule has 0 aliphatic carbocycles. The fraction of sp³-hybridized carbons (Fsp3) is 0.125. The van der Waals surface area contributed by atoms with E-state index >= 15 is 0 Å². The van der Waals surface area contributed by atoms with Gasteiger partial charge in [-0.05, 0) is 30.7 Å². The minimum absolute atomic E-state index is 0.160. The van der Waals surface area contributed by atoms with E-state index < -0.39 is 5.69 Å². The van der Waals surface area contributed by atoms with Gasteiger partial charge in [-0.15, -0.1) is 0 Å². The third-order valence-electron chi connectivity index (χ3n) is 4.98. The second-order valence-corrected chi connectivity index (χ2v) is 7.05. The number of carbonyl (C=O) groups excluding carboxylic acids is 1. The lowest BCUT2D eigenvalue weighted by atomic mass is 10.1. The van der Waals surface area contributed by atoms with Gasteiger partial charge in [-0.25, -0.2) is 9.18 Å². The lowest BCUT2D eigenvalue weighted by Gasteiger charge is -2.16. The maximum absolute atomic E-state index is 13.1. The number of hydrogen-bond donors (Lipinski definition) is 1. The third-order valence-corrected chi connectivity index (χ3v) is 4.98. The van der Waals surface area contributed by atoms with Crippen LogP contribution in [0.2, 0.25) is 0 Å². The van der Waals surface area contributed by atoms with Gasteiger partial charge in [0.2, 0.25) is 5.91 Å². The van der Waals surface area contributed by atoms with Gasteiger partial charge in [-0.3, -0.25) is 9.36 Å². The van der Waals surface area contributed by atoms with E-state index in [9.17, 15) is 14.0 Å². The van der Waals surface area contributed by atoms with Gasteiger partial charge in [0.25, 0.3) is 0 Å². The molecule has 1 amide bonds. The highest BCUT2D eigenvalue weighted by molar-refractivity contribution is 5.93. The molecule has 0 saturated heterocycles. The van der Waals surface area contributed by atoms with Gasteiger partial charge in [0, 0.05) is 10.9 Å². The molecule has 1 atom stereocenters. The van der Waals surface area contributed by atoms with Crippen molar-refractivity contribution in [2.45, 2.75) is 19.5 Å². The molecule has 0 fully saturated rings. The van der Waals surface area contributed by atoms with Crippen molar-refractivity contribution < 1.29 is 9.18 Å². The smallest absolute Gasteiger partial charge is 0.348 e. The highest BCUT2D eigenvalue weighted by Gasteiger charge is 2.16. The van der Waals surface area contributed by atoms with Gasteiger partial charge in [-0.2, -0.15) is 4.98 Å². The summed E-state index contributed by atoms with van der Waals surface area (Å²) in [6.07, 6.45) is 0. The molecule has 0 spiro atoms. The van der Waals surface area contributed by atoms with Crippen LogP contribution in [0.25, 0.3) is 22.2 Å². The molecule has 0 saturated carbocycles. The number of nitrogens with one attached hydrogen (secondary N) is 1. The quantitative estimate of drug-likeness (QED) is 0.548. The van der Waals surface area contributed by atoms with Crippen LogP contribution in [0.15, 0.2) is 83.7 Å². The molecule has 3 aromatic carbocycles. The fourth-order valence-corrected chi connectivity index (χ4v) is 3.46. The van der Waals surface area contributed by atoms with Crippen molar-refractivity contribution in [1.29, 1.82) is 0 Å². The van der Waals surface area contributed by atoms with E-state index in [4.69, 9.17) is 0 Å². The van der Waals surface area contributed by atoms with Crippen molar-refractivity contribution >= 4 is 16.8 Å². The Labute approximate surface area is 172 Å². The maximum atomic E-state index is 13.1. The van der Waals surface area contributed by atoms with E-state index in [0.29, 0.717) is 11.2 Å². The highest BCUT2D eigenvalue weighted by atomic mass is 19.1. The number of halogens is 1. The Bertz CT molecular complexity index is 1250. The monoisotopic (exact) mass is 401 g/mol. The summed E-state index contributed by atoms with van der Waals surface area (Å²) < 4.78 is 14.5. The first-order valence-electron chi connectivity index (χ1n) is 9.63. The molecule has 0 bridgehead atoms. The fourth-order valence-electron chi connectivity index (χ4n) is 3.46. The Hall–Kier alpha value is -3.80. The summed E-state index contributed by atoms with van der Waals surface area (Å²) in [4.78, 5) is 29.7. The van der Waals surface area contributed by atoms with E-state index in [0.717, 1.165) is 16.5 Å². The molecule has 0 radical (unpaired) electrons. The van der Waals surface area contributed by atoms with E-state index in [-0.39, 0.29) is 24.3 Å². The van der Waals surface area contributed by atoms with Crippen molar-refractivity contribution in [1.82, 2.24) is 14.9 Å². The summed E-state index contributed by atoms with van der Waals surface area (Å²) in [5, 5.41) is 3.65. The minimum atomic E-state index is -0.489. The van der Waals surface area contributed by atoms with Crippen molar-refractivity contribution in [2.75, 3.05) is 0 Å². The van der Waals surface area contributed by atoms with E-state index in [1.165, 1.54) is 16.7 Å². The predicted molar refractivity (Wildman–Crippen MR) is 114 cm³/mol. The number of para-hydroxylation sites is 1. The molecular weight excluding hydrogens is 381 g/mol. The number of benzene rings is 3. The molecular formula is C24H20FN3O2. The van der Waals surface area contributed by atoms with Gasteiger partial charge in [0.15, 0.2) is 0 Å². The van der Waals surface area contributed by atoms with Gasteiger partial charge in [0.1, 0.15) is 12.4 Å². The van der Waals surface area contributed by atoms with Crippen LogP contribution >= 0.6 is 0 Å². The second kappa shape index (κ2) is 8.29. The largest absolute Gasteiger partial charge is 0.349 e. The average Bonchev–Trinajstić information content (AvgIpc) is 2.76. The topological polar surface area (TPSA) is 64.0 Å². The Kier molecular flexibility index (Phi) is 5.39. The van der Waals surface area contributed by atoms with Gasteiger partial charge >= 0.3 is 5.69 Å². The molecule has 1 aromatic heterocycles.